The summed E-state index contributed by atoms with van der Waals surface area (Å²) in [7, 11) is 1.18. The van der Waals surface area contributed by atoms with Gasteiger partial charge in [0, 0.05) is 6.42 Å². The van der Waals surface area contributed by atoms with E-state index in [2.05, 4.69) is 10.1 Å². The third-order valence-corrected chi connectivity index (χ3v) is 4.37. The predicted octanol–water partition coefficient (Wildman–Crippen LogP) is 2.07. The molecule has 156 valence electrons. The number of nitrogens with zero attached hydrogens (tertiary/aromatic N) is 1. The zero-order valence-electron chi connectivity index (χ0n) is 16.2. The lowest BCUT2D eigenvalue weighted by Crippen LogP contribution is -2.43. The number of ether oxygens (including phenoxy) is 2. The van der Waals surface area contributed by atoms with Gasteiger partial charge in [0.1, 0.15) is 12.6 Å². The van der Waals surface area contributed by atoms with E-state index in [1.807, 2.05) is 18.2 Å². The number of benzene rings is 2. The van der Waals surface area contributed by atoms with Crippen molar-refractivity contribution in [2.45, 2.75) is 19.1 Å². The van der Waals surface area contributed by atoms with Crippen LogP contribution in [0.3, 0.4) is 0 Å². The van der Waals surface area contributed by atoms with E-state index >= 15 is 0 Å². The summed E-state index contributed by atoms with van der Waals surface area (Å²) in [5, 5.41) is 3.04. The van der Waals surface area contributed by atoms with Gasteiger partial charge in [0.2, 0.25) is 0 Å². The molecule has 0 saturated carbocycles. The summed E-state index contributed by atoms with van der Waals surface area (Å²) in [6, 6.07) is 14.3. The molecule has 1 atom stereocenters. The topological polar surface area (TPSA) is 111 Å². The van der Waals surface area contributed by atoms with E-state index in [1.54, 1.807) is 24.3 Å². The molecule has 1 heterocycles. The SMILES string of the molecule is COC(=O)[C@H](CCON1C(=O)c2ccccc2C1=O)NC(=O)OCc1ccccc1. The van der Waals surface area contributed by atoms with E-state index in [0.29, 0.717) is 5.06 Å². The lowest BCUT2D eigenvalue weighted by Gasteiger charge is -2.18. The van der Waals surface area contributed by atoms with E-state index in [4.69, 9.17) is 9.57 Å². The lowest BCUT2D eigenvalue weighted by atomic mass is 10.1. The van der Waals surface area contributed by atoms with Gasteiger partial charge in [0.25, 0.3) is 11.8 Å². The highest BCUT2D eigenvalue weighted by Gasteiger charge is 2.36. The summed E-state index contributed by atoms with van der Waals surface area (Å²) >= 11 is 0. The molecule has 2 aromatic carbocycles. The van der Waals surface area contributed by atoms with E-state index in [9.17, 15) is 19.2 Å². The molecule has 3 rings (SSSR count). The van der Waals surface area contributed by atoms with E-state index in [-0.39, 0.29) is 30.8 Å². The zero-order chi connectivity index (χ0) is 21.5. The van der Waals surface area contributed by atoms with Crippen LogP contribution >= 0.6 is 0 Å². The highest BCUT2D eigenvalue weighted by molar-refractivity contribution is 6.20. The molecule has 30 heavy (non-hydrogen) atoms. The van der Waals surface area contributed by atoms with Crippen LogP contribution in [0.25, 0.3) is 0 Å². The maximum Gasteiger partial charge on any atom is 0.408 e. The number of fused-ring (bicyclic) bond motifs is 1. The molecule has 0 saturated heterocycles. The second-order valence-corrected chi connectivity index (χ2v) is 6.35. The summed E-state index contributed by atoms with van der Waals surface area (Å²) in [4.78, 5) is 53.8. The van der Waals surface area contributed by atoms with E-state index in [1.165, 1.54) is 19.2 Å². The smallest absolute Gasteiger partial charge is 0.408 e. The molecular formula is C21H20N2O7. The van der Waals surface area contributed by atoms with Gasteiger partial charge in [-0.15, -0.1) is 5.06 Å². The molecule has 9 heteroatoms. The molecule has 3 amide bonds. The van der Waals surface area contributed by atoms with Crippen molar-refractivity contribution in [3.8, 4) is 0 Å². The fraction of sp³-hybridized carbons (Fsp3) is 0.238. The Hall–Kier alpha value is -3.72. The number of nitrogens with one attached hydrogen (secondary N) is 1. The predicted molar refractivity (Wildman–Crippen MR) is 103 cm³/mol. The number of amides is 3. The lowest BCUT2D eigenvalue weighted by molar-refractivity contribution is -0.144. The number of esters is 1. The molecule has 1 aliphatic rings. The fourth-order valence-corrected chi connectivity index (χ4v) is 2.84. The third kappa shape index (κ3) is 4.81. The number of hydrogen-bond acceptors (Lipinski definition) is 7. The molecule has 0 spiro atoms. The minimum Gasteiger partial charge on any atom is -0.467 e. The molecular weight excluding hydrogens is 392 g/mol. The van der Waals surface area contributed by atoms with Crippen molar-refractivity contribution in [2.24, 2.45) is 0 Å². The third-order valence-electron chi connectivity index (χ3n) is 4.37. The van der Waals surface area contributed by atoms with Crippen molar-refractivity contribution < 1.29 is 33.5 Å². The van der Waals surface area contributed by atoms with Crippen LogP contribution < -0.4 is 5.32 Å². The van der Waals surface area contributed by atoms with Gasteiger partial charge < -0.3 is 14.8 Å². The number of imide groups is 1. The molecule has 2 aromatic rings. The normalized spacial score (nSPS) is 13.6. The van der Waals surface area contributed by atoms with Crippen LogP contribution in [0, 0.1) is 0 Å². The van der Waals surface area contributed by atoms with Crippen LogP contribution in [-0.2, 0) is 25.7 Å². The first kappa shape index (κ1) is 21.0. The van der Waals surface area contributed by atoms with Crippen molar-refractivity contribution in [1.82, 2.24) is 10.4 Å². The summed E-state index contributed by atoms with van der Waals surface area (Å²) in [6.07, 6.45) is -0.851. The van der Waals surface area contributed by atoms with Crippen LogP contribution in [-0.4, -0.2) is 48.7 Å². The van der Waals surface area contributed by atoms with Crippen LogP contribution in [0.15, 0.2) is 54.6 Å². The fourth-order valence-electron chi connectivity index (χ4n) is 2.84. The van der Waals surface area contributed by atoms with E-state index in [0.717, 1.165) is 5.56 Å². The maximum absolute atomic E-state index is 12.3. The Morgan fingerprint density at radius 2 is 1.57 bits per heavy atom. The molecule has 1 N–H and O–H groups in total. The molecule has 0 aromatic heterocycles. The van der Waals surface area contributed by atoms with Gasteiger partial charge in [0.15, 0.2) is 0 Å². The molecule has 0 bridgehead atoms. The summed E-state index contributed by atoms with van der Waals surface area (Å²) in [6.45, 7) is -0.156. The highest BCUT2D eigenvalue weighted by Crippen LogP contribution is 2.22. The minimum absolute atomic E-state index is 0.0338. The Labute approximate surface area is 172 Å². The molecule has 0 unspecified atom stereocenters. The van der Waals surface area contributed by atoms with Crippen molar-refractivity contribution in [3.05, 3.63) is 71.3 Å². The first-order chi connectivity index (χ1) is 14.5. The molecule has 0 aliphatic carbocycles. The van der Waals surface area contributed by atoms with Gasteiger partial charge in [-0.25, -0.2) is 9.59 Å². The number of alkyl carbamates (subject to hydrolysis) is 1. The molecule has 1 aliphatic heterocycles. The highest BCUT2D eigenvalue weighted by atomic mass is 16.7. The van der Waals surface area contributed by atoms with Gasteiger partial charge >= 0.3 is 12.1 Å². The van der Waals surface area contributed by atoms with Crippen molar-refractivity contribution in [3.63, 3.8) is 0 Å². The van der Waals surface area contributed by atoms with E-state index < -0.39 is 29.9 Å². The van der Waals surface area contributed by atoms with Gasteiger partial charge in [-0.2, -0.15) is 0 Å². The summed E-state index contributed by atoms with van der Waals surface area (Å²) in [5.41, 5.74) is 1.28. The number of methoxy groups -OCH3 is 1. The Bertz CT molecular complexity index is 910. The summed E-state index contributed by atoms with van der Waals surface area (Å²) in [5.74, 6) is -1.88. The Balaban J connectivity index is 1.52. The minimum atomic E-state index is -1.08. The number of carbonyl (C=O) groups excluding carboxylic acids is 4. The van der Waals surface area contributed by atoms with Crippen LogP contribution in [0.2, 0.25) is 0 Å². The Morgan fingerprint density at radius 1 is 0.967 bits per heavy atom. The Kier molecular flexibility index (Phi) is 6.76. The average molecular weight is 412 g/mol. The summed E-state index contributed by atoms with van der Waals surface area (Å²) < 4.78 is 9.77. The standard InChI is InChI=1S/C21H20N2O7/c1-28-20(26)17(22-21(27)29-13-14-7-3-2-4-8-14)11-12-30-23-18(24)15-9-5-6-10-16(15)19(23)25/h2-10,17H,11-13H2,1H3,(H,22,27)/t17-/m0/s1. The number of hydroxylamine groups is 2. The van der Waals surface area contributed by atoms with Crippen LogP contribution in [0.5, 0.6) is 0 Å². The quantitative estimate of drug-likeness (QED) is 0.522. The second-order valence-electron chi connectivity index (χ2n) is 6.35. The first-order valence-corrected chi connectivity index (χ1v) is 9.17. The van der Waals surface area contributed by atoms with Crippen molar-refractivity contribution in [2.75, 3.05) is 13.7 Å². The number of rotatable bonds is 8. The monoisotopic (exact) mass is 412 g/mol. The van der Waals surface area contributed by atoms with Crippen LogP contribution in [0.4, 0.5) is 4.79 Å². The van der Waals surface area contributed by atoms with Crippen LogP contribution in [0.1, 0.15) is 32.7 Å². The first-order valence-electron chi connectivity index (χ1n) is 9.17. The second kappa shape index (κ2) is 9.66. The van der Waals surface area contributed by atoms with Gasteiger partial charge in [0.05, 0.1) is 24.8 Å². The number of carbonyl (C=O) groups is 4. The zero-order valence-corrected chi connectivity index (χ0v) is 16.2. The molecule has 9 nitrogen and oxygen atoms in total. The average Bonchev–Trinajstić information content (AvgIpc) is 3.02. The van der Waals surface area contributed by atoms with Crippen molar-refractivity contribution >= 4 is 23.9 Å². The van der Waals surface area contributed by atoms with Gasteiger partial charge in [-0.3, -0.25) is 14.4 Å². The Morgan fingerprint density at radius 3 is 2.17 bits per heavy atom. The molecule has 0 radical (unpaired) electrons. The molecule has 0 fully saturated rings. The van der Waals surface area contributed by atoms with Crippen molar-refractivity contribution in [1.29, 1.82) is 0 Å². The number of hydrogen-bond donors (Lipinski definition) is 1. The maximum atomic E-state index is 12.3. The largest absolute Gasteiger partial charge is 0.467 e. The van der Waals surface area contributed by atoms with Gasteiger partial charge in [-0.05, 0) is 17.7 Å². The van der Waals surface area contributed by atoms with Gasteiger partial charge in [-0.1, -0.05) is 42.5 Å².